The highest BCUT2D eigenvalue weighted by molar-refractivity contribution is 5.83. The van der Waals surface area contributed by atoms with Crippen molar-refractivity contribution in [2.45, 2.75) is 38.6 Å². The normalized spacial score (nSPS) is 20.6. The van der Waals surface area contributed by atoms with Gasteiger partial charge in [0, 0.05) is 6.42 Å². The standard InChI is InChI=1S/C8H15NO/c1-6(9)8(10)5-4-7-2-3-7/h6-7H,2-5,9H2,1H3. The van der Waals surface area contributed by atoms with Crippen LogP contribution in [-0.2, 0) is 4.79 Å². The van der Waals surface area contributed by atoms with Crippen molar-refractivity contribution in [1.29, 1.82) is 0 Å². The average Bonchev–Trinajstić information content (AvgIpc) is 2.64. The molecule has 0 saturated heterocycles. The Morgan fingerprint density at radius 3 is 2.70 bits per heavy atom. The van der Waals surface area contributed by atoms with E-state index in [1.807, 2.05) is 0 Å². The maximum Gasteiger partial charge on any atom is 0.149 e. The number of Topliss-reactive ketones (excluding diaryl/α,β-unsaturated/α-hetero) is 1. The summed E-state index contributed by atoms with van der Waals surface area (Å²) in [5.41, 5.74) is 5.39. The Morgan fingerprint density at radius 1 is 1.70 bits per heavy atom. The summed E-state index contributed by atoms with van der Waals surface area (Å²) in [6, 6.07) is -0.251. The topological polar surface area (TPSA) is 43.1 Å². The summed E-state index contributed by atoms with van der Waals surface area (Å²) in [5, 5.41) is 0. The minimum Gasteiger partial charge on any atom is -0.322 e. The number of ketones is 1. The van der Waals surface area contributed by atoms with Gasteiger partial charge in [0.25, 0.3) is 0 Å². The van der Waals surface area contributed by atoms with Gasteiger partial charge in [-0.15, -0.1) is 0 Å². The molecule has 1 aliphatic carbocycles. The monoisotopic (exact) mass is 141 g/mol. The average molecular weight is 141 g/mol. The summed E-state index contributed by atoms with van der Waals surface area (Å²) < 4.78 is 0. The lowest BCUT2D eigenvalue weighted by Gasteiger charge is -2.01. The van der Waals surface area contributed by atoms with Gasteiger partial charge >= 0.3 is 0 Å². The molecule has 1 aliphatic rings. The van der Waals surface area contributed by atoms with Crippen LogP contribution in [0, 0.1) is 5.92 Å². The van der Waals surface area contributed by atoms with E-state index in [1.165, 1.54) is 12.8 Å². The van der Waals surface area contributed by atoms with Crippen LogP contribution in [0.2, 0.25) is 0 Å². The van der Waals surface area contributed by atoms with Gasteiger partial charge in [-0.3, -0.25) is 4.79 Å². The SMILES string of the molecule is CC(N)C(=O)CCC1CC1. The zero-order valence-corrected chi connectivity index (χ0v) is 6.47. The van der Waals surface area contributed by atoms with Crippen LogP contribution < -0.4 is 5.73 Å². The smallest absolute Gasteiger partial charge is 0.149 e. The molecule has 2 N–H and O–H groups in total. The molecule has 10 heavy (non-hydrogen) atoms. The van der Waals surface area contributed by atoms with Crippen LogP contribution in [-0.4, -0.2) is 11.8 Å². The zero-order valence-electron chi connectivity index (χ0n) is 6.47. The van der Waals surface area contributed by atoms with E-state index in [0.29, 0.717) is 6.42 Å². The van der Waals surface area contributed by atoms with Gasteiger partial charge in [0.1, 0.15) is 5.78 Å². The van der Waals surface area contributed by atoms with Crippen molar-refractivity contribution in [2.24, 2.45) is 11.7 Å². The zero-order chi connectivity index (χ0) is 7.56. The molecule has 58 valence electrons. The number of carbonyl (C=O) groups is 1. The molecule has 1 atom stereocenters. The molecule has 1 rings (SSSR count). The Morgan fingerprint density at radius 2 is 2.30 bits per heavy atom. The van der Waals surface area contributed by atoms with E-state index >= 15 is 0 Å². The lowest BCUT2D eigenvalue weighted by atomic mass is 10.1. The summed E-state index contributed by atoms with van der Waals surface area (Å²) in [4.78, 5) is 11.0. The van der Waals surface area contributed by atoms with Crippen molar-refractivity contribution in [1.82, 2.24) is 0 Å². The van der Waals surface area contributed by atoms with Gasteiger partial charge in [-0.05, 0) is 19.3 Å². The number of nitrogens with two attached hydrogens (primary N) is 1. The van der Waals surface area contributed by atoms with Crippen LogP contribution in [0.1, 0.15) is 32.6 Å². The molecule has 2 nitrogen and oxygen atoms in total. The van der Waals surface area contributed by atoms with E-state index in [0.717, 1.165) is 12.3 Å². The molecule has 2 heteroatoms. The van der Waals surface area contributed by atoms with Gasteiger partial charge in [0.05, 0.1) is 6.04 Å². The van der Waals surface area contributed by atoms with Gasteiger partial charge in [-0.1, -0.05) is 12.8 Å². The van der Waals surface area contributed by atoms with Crippen molar-refractivity contribution >= 4 is 5.78 Å². The van der Waals surface area contributed by atoms with Crippen LogP contribution >= 0.6 is 0 Å². The molecule has 1 unspecified atom stereocenters. The number of hydrogen-bond acceptors (Lipinski definition) is 2. The minimum absolute atomic E-state index is 0.215. The molecule has 0 aromatic carbocycles. The van der Waals surface area contributed by atoms with Crippen molar-refractivity contribution in [3.63, 3.8) is 0 Å². The van der Waals surface area contributed by atoms with Crippen molar-refractivity contribution in [2.75, 3.05) is 0 Å². The highest BCUT2D eigenvalue weighted by Crippen LogP contribution is 2.33. The Hall–Kier alpha value is -0.370. The Kier molecular flexibility index (Phi) is 2.44. The number of hydrogen-bond donors (Lipinski definition) is 1. The fraction of sp³-hybridized carbons (Fsp3) is 0.875. The van der Waals surface area contributed by atoms with Gasteiger partial charge in [-0.25, -0.2) is 0 Å². The van der Waals surface area contributed by atoms with Gasteiger partial charge < -0.3 is 5.73 Å². The Balaban J connectivity index is 2.05. The van der Waals surface area contributed by atoms with Gasteiger partial charge in [0.15, 0.2) is 0 Å². The first-order valence-electron chi connectivity index (χ1n) is 3.98. The molecular weight excluding hydrogens is 126 g/mol. The van der Waals surface area contributed by atoms with Crippen molar-refractivity contribution in [3.8, 4) is 0 Å². The second-order valence-electron chi connectivity index (χ2n) is 3.24. The third kappa shape index (κ3) is 2.48. The van der Waals surface area contributed by atoms with E-state index in [1.54, 1.807) is 6.92 Å². The molecule has 0 spiro atoms. The third-order valence-corrected chi connectivity index (χ3v) is 2.00. The summed E-state index contributed by atoms with van der Waals surface area (Å²) in [6.07, 6.45) is 4.42. The van der Waals surface area contributed by atoms with Crippen LogP contribution in [0.4, 0.5) is 0 Å². The predicted molar refractivity (Wildman–Crippen MR) is 40.6 cm³/mol. The molecule has 0 bridgehead atoms. The molecule has 1 fully saturated rings. The first-order chi connectivity index (χ1) is 4.70. The van der Waals surface area contributed by atoms with Crippen LogP contribution in [0.3, 0.4) is 0 Å². The first-order valence-corrected chi connectivity index (χ1v) is 3.98. The van der Waals surface area contributed by atoms with Crippen molar-refractivity contribution in [3.05, 3.63) is 0 Å². The number of carbonyl (C=O) groups excluding carboxylic acids is 1. The molecule has 0 aliphatic heterocycles. The molecule has 0 aromatic heterocycles. The van der Waals surface area contributed by atoms with Gasteiger partial charge in [-0.2, -0.15) is 0 Å². The second kappa shape index (κ2) is 3.15. The van der Waals surface area contributed by atoms with E-state index in [-0.39, 0.29) is 11.8 Å². The molecule has 0 heterocycles. The molecule has 0 radical (unpaired) electrons. The maximum atomic E-state index is 11.0. The van der Waals surface area contributed by atoms with Crippen LogP contribution in [0.15, 0.2) is 0 Å². The van der Waals surface area contributed by atoms with Crippen LogP contribution in [0.25, 0.3) is 0 Å². The predicted octanol–water partition coefficient (Wildman–Crippen LogP) is 1.09. The van der Waals surface area contributed by atoms with E-state index in [4.69, 9.17) is 5.73 Å². The molecular formula is C8H15NO. The Labute approximate surface area is 61.8 Å². The van der Waals surface area contributed by atoms with Gasteiger partial charge in [0.2, 0.25) is 0 Å². The lowest BCUT2D eigenvalue weighted by Crippen LogP contribution is -2.26. The summed E-state index contributed by atoms with van der Waals surface area (Å²) in [7, 11) is 0. The summed E-state index contributed by atoms with van der Waals surface area (Å²) >= 11 is 0. The molecule has 0 amide bonds. The quantitative estimate of drug-likeness (QED) is 0.637. The highest BCUT2D eigenvalue weighted by Gasteiger charge is 2.22. The van der Waals surface area contributed by atoms with E-state index in [2.05, 4.69) is 0 Å². The molecule has 1 saturated carbocycles. The van der Waals surface area contributed by atoms with Crippen molar-refractivity contribution < 1.29 is 4.79 Å². The Bertz CT molecular complexity index is 127. The fourth-order valence-electron chi connectivity index (χ4n) is 0.981. The number of rotatable bonds is 4. The van der Waals surface area contributed by atoms with Crippen LogP contribution in [0.5, 0.6) is 0 Å². The second-order valence-corrected chi connectivity index (χ2v) is 3.24. The summed E-state index contributed by atoms with van der Waals surface area (Å²) in [5.74, 6) is 1.06. The minimum atomic E-state index is -0.251. The molecule has 0 aromatic rings. The third-order valence-electron chi connectivity index (χ3n) is 2.00. The summed E-state index contributed by atoms with van der Waals surface area (Å²) in [6.45, 7) is 1.76. The highest BCUT2D eigenvalue weighted by atomic mass is 16.1. The maximum absolute atomic E-state index is 11.0. The van der Waals surface area contributed by atoms with E-state index < -0.39 is 0 Å². The lowest BCUT2D eigenvalue weighted by molar-refractivity contribution is -0.120. The first kappa shape index (κ1) is 7.73. The fourth-order valence-corrected chi connectivity index (χ4v) is 0.981. The largest absolute Gasteiger partial charge is 0.322 e. The van der Waals surface area contributed by atoms with E-state index in [9.17, 15) is 4.79 Å².